The van der Waals surface area contributed by atoms with Crippen molar-refractivity contribution in [2.24, 2.45) is 0 Å². The maximum Gasteiger partial charge on any atom is 0.317 e. The molecule has 1 aromatic heterocycles. The average molecular weight is 714 g/mol. The number of terminal acetylenes is 1. The Hall–Kier alpha value is -4.08. The summed E-state index contributed by atoms with van der Waals surface area (Å²) in [6.07, 6.45) is 9.21. The van der Waals surface area contributed by atoms with Gasteiger partial charge in [-0.3, -0.25) is 14.7 Å². The van der Waals surface area contributed by atoms with Gasteiger partial charge in [-0.15, -0.1) is 6.42 Å². The molecule has 0 atom stereocenters. The van der Waals surface area contributed by atoms with Crippen LogP contribution in [-0.2, 0) is 34.4 Å². The number of carbonyl (C=O) groups is 1. The fourth-order valence-corrected chi connectivity index (χ4v) is 5.84. The molecule has 234 valence electrons. The molecule has 0 aliphatic rings. The largest absolute Gasteiger partial charge is 0.488 e. The highest BCUT2D eigenvalue weighted by molar-refractivity contribution is 9.10. The summed E-state index contributed by atoms with van der Waals surface area (Å²) in [7, 11) is -1.79. The smallest absolute Gasteiger partial charge is 0.317 e. The number of carboxylic acid groups (broad SMARTS) is 1. The average Bonchev–Trinajstić information content (AvgIpc) is 2.99. The molecule has 3 aromatic carbocycles. The Bertz CT molecular complexity index is 1840. The topological polar surface area (TPSA) is 115 Å². The Morgan fingerprint density at radius 2 is 1.78 bits per heavy atom. The Balaban J connectivity index is 1.59. The molecule has 12 heteroatoms. The van der Waals surface area contributed by atoms with Crippen molar-refractivity contribution in [3.05, 3.63) is 99.2 Å². The minimum atomic E-state index is -3.46. The van der Waals surface area contributed by atoms with E-state index in [0.29, 0.717) is 33.4 Å². The van der Waals surface area contributed by atoms with Crippen molar-refractivity contribution in [1.29, 1.82) is 0 Å². The van der Waals surface area contributed by atoms with Gasteiger partial charge in [-0.05, 0) is 58.4 Å². The summed E-state index contributed by atoms with van der Waals surface area (Å²) in [5.74, 6) is 2.89. The SMILES string of the molecule is C#CCOc1cccc(-c2cccc(COc3cc(OCc4cncc(S(C)(=O)=O)c4)c(CN(C)CC(=O)O)cc3Cl)c2Br)c1. The molecule has 1 heterocycles. The Morgan fingerprint density at radius 3 is 2.51 bits per heavy atom. The van der Waals surface area contributed by atoms with E-state index in [0.717, 1.165) is 27.4 Å². The molecule has 0 unspecified atom stereocenters. The summed E-state index contributed by atoms with van der Waals surface area (Å²) in [4.78, 5) is 17.0. The molecule has 0 radical (unpaired) electrons. The maximum atomic E-state index is 12.0. The van der Waals surface area contributed by atoms with Gasteiger partial charge in [-0.2, -0.15) is 0 Å². The number of pyridine rings is 1. The van der Waals surface area contributed by atoms with Crippen molar-refractivity contribution < 1.29 is 32.5 Å². The minimum Gasteiger partial charge on any atom is -0.488 e. The molecular formula is C33H30BrClN2O7S. The standard InChI is InChI=1S/C33H30BrClN2O7S/c1-4-11-42-26-9-5-7-23(13-26)28-10-6-8-24(33(28)34)21-44-31-15-30(25(14-29(31)35)18-37(2)19-32(38)39)43-20-22-12-27(17-36-16-22)45(3,40)41/h1,5-10,12-17H,11,18-21H2,2-3H3,(H,38,39). The van der Waals surface area contributed by atoms with Gasteiger partial charge in [0.05, 0.1) is 16.5 Å². The summed E-state index contributed by atoms with van der Waals surface area (Å²) in [5, 5.41) is 9.53. The molecule has 0 aliphatic heterocycles. The third-order valence-electron chi connectivity index (χ3n) is 6.48. The zero-order chi connectivity index (χ0) is 32.6. The number of aliphatic carboxylic acids is 1. The van der Waals surface area contributed by atoms with Gasteiger partial charge in [0, 0.05) is 52.4 Å². The van der Waals surface area contributed by atoms with Gasteiger partial charge in [-0.1, -0.05) is 47.9 Å². The van der Waals surface area contributed by atoms with E-state index in [9.17, 15) is 18.3 Å². The van der Waals surface area contributed by atoms with Crippen LogP contribution in [0.4, 0.5) is 0 Å². The van der Waals surface area contributed by atoms with E-state index in [1.165, 1.54) is 18.5 Å². The first kappa shape index (κ1) is 33.8. The molecule has 0 spiro atoms. The van der Waals surface area contributed by atoms with E-state index >= 15 is 0 Å². The molecule has 0 bridgehead atoms. The summed E-state index contributed by atoms with van der Waals surface area (Å²) >= 11 is 10.4. The number of carboxylic acids is 1. The van der Waals surface area contributed by atoms with E-state index in [-0.39, 0.29) is 37.8 Å². The maximum absolute atomic E-state index is 12.0. The lowest BCUT2D eigenvalue weighted by Gasteiger charge is -2.20. The molecule has 1 N–H and O–H groups in total. The number of aromatic nitrogens is 1. The number of hydrogen-bond donors (Lipinski definition) is 1. The predicted octanol–water partition coefficient (Wildman–Crippen LogP) is 6.25. The molecule has 4 aromatic rings. The van der Waals surface area contributed by atoms with Crippen molar-refractivity contribution in [2.45, 2.75) is 24.7 Å². The van der Waals surface area contributed by atoms with Gasteiger partial charge in [0.15, 0.2) is 9.84 Å². The molecular weight excluding hydrogens is 684 g/mol. The number of sulfone groups is 1. The monoisotopic (exact) mass is 712 g/mol. The van der Waals surface area contributed by atoms with Crippen molar-refractivity contribution in [1.82, 2.24) is 9.88 Å². The highest BCUT2D eigenvalue weighted by Gasteiger charge is 2.17. The van der Waals surface area contributed by atoms with Crippen LogP contribution in [0.3, 0.4) is 0 Å². The number of rotatable bonds is 14. The first-order valence-corrected chi connectivity index (χ1v) is 16.6. The Kier molecular flexibility index (Phi) is 11.5. The van der Waals surface area contributed by atoms with Crippen LogP contribution in [0.2, 0.25) is 5.02 Å². The molecule has 0 fully saturated rings. The van der Waals surface area contributed by atoms with Gasteiger partial charge in [0.2, 0.25) is 0 Å². The second kappa shape index (κ2) is 15.3. The fourth-order valence-electron chi connectivity index (χ4n) is 4.38. The normalized spacial score (nSPS) is 11.2. The van der Waals surface area contributed by atoms with E-state index in [1.54, 1.807) is 24.1 Å². The highest BCUT2D eigenvalue weighted by Crippen LogP contribution is 2.37. The van der Waals surface area contributed by atoms with Crippen LogP contribution in [0.25, 0.3) is 11.1 Å². The first-order chi connectivity index (χ1) is 21.4. The summed E-state index contributed by atoms with van der Waals surface area (Å²) in [6.45, 7) is 0.369. The van der Waals surface area contributed by atoms with Gasteiger partial charge >= 0.3 is 5.97 Å². The number of benzene rings is 3. The van der Waals surface area contributed by atoms with E-state index in [4.69, 9.17) is 32.2 Å². The quantitative estimate of drug-likeness (QED) is 0.151. The third-order valence-corrected chi connectivity index (χ3v) is 8.79. The first-order valence-electron chi connectivity index (χ1n) is 13.5. The lowest BCUT2D eigenvalue weighted by molar-refractivity contribution is -0.138. The highest BCUT2D eigenvalue weighted by atomic mass is 79.9. The van der Waals surface area contributed by atoms with Gasteiger partial charge in [0.1, 0.15) is 37.1 Å². The Morgan fingerprint density at radius 1 is 1.02 bits per heavy atom. The fraction of sp³-hybridized carbons (Fsp3) is 0.212. The molecule has 0 amide bonds. The zero-order valence-electron chi connectivity index (χ0n) is 24.5. The van der Waals surface area contributed by atoms with Crippen LogP contribution in [0.1, 0.15) is 16.7 Å². The lowest BCUT2D eigenvalue weighted by Crippen LogP contribution is -2.25. The van der Waals surface area contributed by atoms with Gasteiger partial charge < -0.3 is 19.3 Å². The van der Waals surface area contributed by atoms with Crippen LogP contribution in [0, 0.1) is 12.3 Å². The van der Waals surface area contributed by atoms with E-state index < -0.39 is 15.8 Å². The number of likely N-dealkylation sites (N-methyl/N-ethyl adjacent to an activating group) is 1. The van der Waals surface area contributed by atoms with E-state index in [1.807, 2.05) is 42.5 Å². The Labute approximate surface area is 275 Å². The van der Waals surface area contributed by atoms with Crippen molar-refractivity contribution in [2.75, 3.05) is 26.5 Å². The number of hydrogen-bond acceptors (Lipinski definition) is 8. The van der Waals surface area contributed by atoms with E-state index in [2.05, 4.69) is 26.8 Å². The summed E-state index contributed by atoms with van der Waals surface area (Å²) in [5.41, 5.74) is 3.87. The van der Waals surface area contributed by atoms with Crippen molar-refractivity contribution in [3.63, 3.8) is 0 Å². The van der Waals surface area contributed by atoms with Gasteiger partial charge in [-0.25, -0.2) is 8.42 Å². The molecule has 0 aliphatic carbocycles. The van der Waals surface area contributed by atoms with Crippen molar-refractivity contribution >= 4 is 43.3 Å². The third kappa shape index (κ3) is 9.45. The summed E-state index contributed by atoms with van der Waals surface area (Å²) < 4.78 is 42.7. The number of nitrogens with zero attached hydrogens (tertiary/aromatic N) is 2. The minimum absolute atomic E-state index is 0.00475. The second-order valence-electron chi connectivity index (χ2n) is 10.1. The molecule has 4 rings (SSSR count). The number of ether oxygens (including phenoxy) is 3. The second-order valence-corrected chi connectivity index (χ2v) is 13.4. The summed E-state index contributed by atoms with van der Waals surface area (Å²) in [6, 6.07) is 18.2. The van der Waals surface area contributed by atoms with Crippen LogP contribution >= 0.6 is 27.5 Å². The van der Waals surface area contributed by atoms with Crippen LogP contribution in [-0.4, -0.2) is 55.8 Å². The van der Waals surface area contributed by atoms with Crippen LogP contribution in [0.5, 0.6) is 17.2 Å². The van der Waals surface area contributed by atoms with Crippen molar-refractivity contribution in [3.8, 4) is 40.7 Å². The predicted molar refractivity (Wildman–Crippen MR) is 175 cm³/mol. The number of halogens is 2. The van der Waals surface area contributed by atoms with Crippen LogP contribution in [0.15, 0.2) is 82.4 Å². The lowest BCUT2D eigenvalue weighted by atomic mass is 10.0. The zero-order valence-corrected chi connectivity index (χ0v) is 27.7. The molecule has 9 nitrogen and oxygen atoms in total. The van der Waals surface area contributed by atoms with Gasteiger partial charge in [0.25, 0.3) is 0 Å². The molecule has 0 saturated heterocycles. The van der Waals surface area contributed by atoms with Crippen LogP contribution < -0.4 is 14.2 Å². The molecule has 45 heavy (non-hydrogen) atoms. The molecule has 0 saturated carbocycles.